The van der Waals surface area contributed by atoms with Crippen molar-refractivity contribution in [3.63, 3.8) is 0 Å². The maximum atomic E-state index is 14.6. The number of nitrogens with zero attached hydrogens (tertiary/aromatic N) is 1. The second kappa shape index (κ2) is 6.59. The summed E-state index contributed by atoms with van der Waals surface area (Å²) in [6, 6.07) is 2.52. The lowest BCUT2D eigenvalue weighted by molar-refractivity contribution is -0.169. The first-order chi connectivity index (χ1) is 12.5. The molecule has 0 unspecified atom stereocenters. The van der Waals surface area contributed by atoms with Gasteiger partial charge in [0.15, 0.2) is 5.79 Å². The lowest BCUT2D eigenvalue weighted by Gasteiger charge is -2.38. The van der Waals surface area contributed by atoms with Crippen molar-refractivity contribution in [2.45, 2.75) is 37.4 Å². The largest absolute Gasteiger partial charge is 0.371 e. The first kappa shape index (κ1) is 17.4. The third-order valence-electron chi connectivity index (χ3n) is 5.36. The number of halogens is 2. The first-order valence-electron chi connectivity index (χ1n) is 8.83. The van der Waals surface area contributed by atoms with E-state index in [1.807, 2.05) is 4.90 Å². The average molecular weight is 366 g/mol. The van der Waals surface area contributed by atoms with Gasteiger partial charge in [-0.1, -0.05) is 0 Å². The van der Waals surface area contributed by atoms with E-state index in [9.17, 15) is 18.4 Å². The Labute approximate surface area is 149 Å². The van der Waals surface area contributed by atoms with E-state index in [0.29, 0.717) is 44.8 Å². The fraction of sp³-hybridized carbons (Fsp3) is 0.556. The van der Waals surface area contributed by atoms with Crippen molar-refractivity contribution in [2.75, 3.05) is 31.2 Å². The van der Waals surface area contributed by atoms with Crippen molar-refractivity contribution in [2.24, 2.45) is 0 Å². The Morgan fingerprint density at radius 3 is 2.27 bits per heavy atom. The fourth-order valence-electron chi connectivity index (χ4n) is 3.95. The number of rotatable bonds is 2. The lowest BCUT2D eigenvalue weighted by atomic mass is 9.89. The molecule has 1 spiro atoms. The number of nitrogens with one attached hydrogen (secondary N) is 1. The van der Waals surface area contributed by atoms with Crippen LogP contribution in [0.3, 0.4) is 0 Å². The third-order valence-corrected chi connectivity index (χ3v) is 5.36. The number of hydrogen-bond donors (Lipinski definition) is 1. The molecule has 4 rings (SSSR count). The number of carbonyl (C=O) groups excluding carboxylic acids is 2. The Morgan fingerprint density at radius 1 is 1.08 bits per heavy atom. The molecule has 0 radical (unpaired) electrons. The molecule has 26 heavy (non-hydrogen) atoms. The molecule has 1 aromatic carbocycles. The zero-order chi connectivity index (χ0) is 18.3. The van der Waals surface area contributed by atoms with E-state index in [4.69, 9.17) is 9.47 Å². The van der Waals surface area contributed by atoms with Crippen LogP contribution in [0, 0.1) is 11.6 Å². The van der Waals surface area contributed by atoms with E-state index in [1.165, 1.54) is 12.1 Å². The predicted octanol–water partition coefficient (Wildman–Crippen LogP) is 1.83. The number of benzene rings is 1. The van der Waals surface area contributed by atoms with Crippen LogP contribution in [0.15, 0.2) is 12.1 Å². The zero-order valence-corrected chi connectivity index (χ0v) is 14.2. The van der Waals surface area contributed by atoms with Crippen LogP contribution >= 0.6 is 0 Å². The van der Waals surface area contributed by atoms with Crippen LogP contribution in [-0.4, -0.2) is 43.9 Å². The molecule has 0 saturated carbocycles. The number of anilines is 1. The molecule has 0 bridgehead atoms. The number of ether oxygens (including phenoxy) is 2. The number of amides is 2. The molecule has 0 aromatic heterocycles. The van der Waals surface area contributed by atoms with E-state index < -0.39 is 35.2 Å². The normalized spacial score (nSPS) is 25.6. The molecule has 3 fully saturated rings. The van der Waals surface area contributed by atoms with Gasteiger partial charge in [-0.15, -0.1) is 0 Å². The average Bonchev–Trinajstić information content (AvgIpc) is 3.05. The standard InChI is InChI=1S/C18H20F2N2O4/c19-13-9-11(22-5-3-18(4-6-22)25-7-8-26-18)10-14(20)16(13)12-1-2-15(23)21-17(12)24/h9-10,12H,1-8H2,(H,21,23,24)/t12-/m1/s1. The molecule has 3 heterocycles. The summed E-state index contributed by atoms with van der Waals surface area (Å²) in [6.07, 6.45) is 1.44. The summed E-state index contributed by atoms with van der Waals surface area (Å²) in [5.41, 5.74) is 0.165. The molecule has 3 aliphatic heterocycles. The highest BCUT2D eigenvalue weighted by Crippen LogP contribution is 2.36. The van der Waals surface area contributed by atoms with Crippen LogP contribution < -0.4 is 10.2 Å². The summed E-state index contributed by atoms with van der Waals surface area (Å²) < 4.78 is 40.6. The SMILES string of the molecule is O=C1CC[C@H](c2c(F)cc(N3CCC4(CC3)OCCO4)cc2F)C(=O)N1. The highest BCUT2D eigenvalue weighted by molar-refractivity contribution is 6.01. The van der Waals surface area contributed by atoms with Crippen LogP contribution in [0.4, 0.5) is 14.5 Å². The molecule has 1 aromatic rings. The van der Waals surface area contributed by atoms with E-state index in [-0.39, 0.29) is 18.4 Å². The smallest absolute Gasteiger partial charge is 0.234 e. The molecule has 1 N–H and O–H groups in total. The molecule has 6 nitrogen and oxygen atoms in total. The van der Waals surface area contributed by atoms with Gasteiger partial charge >= 0.3 is 0 Å². The minimum Gasteiger partial charge on any atom is -0.371 e. The number of piperidine rings is 2. The van der Waals surface area contributed by atoms with Gasteiger partial charge in [-0.05, 0) is 18.6 Å². The maximum Gasteiger partial charge on any atom is 0.234 e. The third kappa shape index (κ3) is 3.07. The van der Waals surface area contributed by atoms with Crippen molar-refractivity contribution in [3.05, 3.63) is 29.3 Å². The van der Waals surface area contributed by atoms with Gasteiger partial charge in [0.25, 0.3) is 0 Å². The van der Waals surface area contributed by atoms with Crippen LogP contribution in [0.1, 0.15) is 37.2 Å². The summed E-state index contributed by atoms with van der Waals surface area (Å²) in [5, 5.41) is 2.14. The molecule has 0 aliphatic carbocycles. The number of hydrogen-bond acceptors (Lipinski definition) is 5. The van der Waals surface area contributed by atoms with Crippen molar-refractivity contribution >= 4 is 17.5 Å². The Morgan fingerprint density at radius 2 is 1.69 bits per heavy atom. The van der Waals surface area contributed by atoms with Crippen LogP contribution in [-0.2, 0) is 19.1 Å². The maximum absolute atomic E-state index is 14.6. The zero-order valence-electron chi connectivity index (χ0n) is 14.2. The summed E-state index contributed by atoms with van der Waals surface area (Å²) >= 11 is 0. The van der Waals surface area contributed by atoms with Gasteiger partial charge in [-0.3, -0.25) is 14.9 Å². The van der Waals surface area contributed by atoms with Gasteiger partial charge < -0.3 is 14.4 Å². The summed E-state index contributed by atoms with van der Waals surface area (Å²) in [5.74, 6) is -4.12. The molecule has 2 amide bonds. The van der Waals surface area contributed by atoms with E-state index >= 15 is 0 Å². The fourth-order valence-corrected chi connectivity index (χ4v) is 3.95. The quantitative estimate of drug-likeness (QED) is 0.809. The Hall–Kier alpha value is -2.06. The lowest BCUT2D eigenvalue weighted by Crippen LogP contribution is -2.45. The highest BCUT2D eigenvalue weighted by Gasteiger charge is 2.40. The van der Waals surface area contributed by atoms with Crippen molar-refractivity contribution in [3.8, 4) is 0 Å². The first-order valence-corrected chi connectivity index (χ1v) is 8.83. The Bertz CT molecular complexity index is 716. The van der Waals surface area contributed by atoms with Crippen molar-refractivity contribution in [1.29, 1.82) is 0 Å². The van der Waals surface area contributed by atoms with Crippen LogP contribution in [0.25, 0.3) is 0 Å². The van der Waals surface area contributed by atoms with Gasteiger partial charge in [0.1, 0.15) is 11.6 Å². The summed E-state index contributed by atoms with van der Waals surface area (Å²) in [6.45, 7) is 2.28. The topological polar surface area (TPSA) is 67.9 Å². The molecule has 1 atom stereocenters. The van der Waals surface area contributed by atoms with Crippen LogP contribution in [0.2, 0.25) is 0 Å². The molecule has 140 valence electrons. The van der Waals surface area contributed by atoms with Gasteiger partial charge in [0.05, 0.1) is 19.1 Å². The highest BCUT2D eigenvalue weighted by atomic mass is 19.1. The second-order valence-electron chi connectivity index (χ2n) is 6.92. The number of imide groups is 1. The van der Waals surface area contributed by atoms with Gasteiger partial charge in [-0.2, -0.15) is 0 Å². The molecule has 3 saturated heterocycles. The molecular weight excluding hydrogens is 346 g/mol. The van der Waals surface area contributed by atoms with Gasteiger partial charge in [-0.25, -0.2) is 8.78 Å². The van der Waals surface area contributed by atoms with Gasteiger partial charge in [0.2, 0.25) is 11.8 Å². The minimum absolute atomic E-state index is 0.0746. The number of carbonyl (C=O) groups is 2. The molecule has 8 heteroatoms. The molecular formula is C18H20F2N2O4. The Kier molecular flexibility index (Phi) is 4.40. The van der Waals surface area contributed by atoms with E-state index in [0.717, 1.165) is 0 Å². The Balaban J connectivity index is 1.53. The monoisotopic (exact) mass is 366 g/mol. The summed E-state index contributed by atoms with van der Waals surface area (Å²) in [7, 11) is 0. The minimum atomic E-state index is -0.980. The summed E-state index contributed by atoms with van der Waals surface area (Å²) in [4.78, 5) is 25.1. The second-order valence-corrected chi connectivity index (χ2v) is 6.92. The van der Waals surface area contributed by atoms with Crippen LogP contribution in [0.5, 0.6) is 0 Å². The van der Waals surface area contributed by atoms with Crippen molar-refractivity contribution < 1.29 is 27.8 Å². The van der Waals surface area contributed by atoms with E-state index in [1.54, 1.807) is 0 Å². The van der Waals surface area contributed by atoms with E-state index in [2.05, 4.69) is 5.32 Å². The molecule has 3 aliphatic rings. The van der Waals surface area contributed by atoms with Gasteiger partial charge in [0, 0.05) is 43.6 Å². The van der Waals surface area contributed by atoms with Crippen molar-refractivity contribution in [1.82, 2.24) is 5.32 Å². The predicted molar refractivity (Wildman–Crippen MR) is 87.6 cm³/mol.